The quantitative estimate of drug-likeness (QED) is 0.543. The number of aliphatic hydroxyl groups excluding tert-OH is 1. The highest BCUT2D eigenvalue weighted by atomic mass is 16.3. The molecule has 0 aliphatic heterocycles. The van der Waals surface area contributed by atoms with Crippen molar-refractivity contribution in [3.8, 4) is 0 Å². The maximum atomic E-state index is 11.4. The number of rotatable bonds is 6. The van der Waals surface area contributed by atoms with Gasteiger partial charge in [-0.15, -0.1) is 0 Å². The minimum atomic E-state index is -0.118. The van der Waals surface area contributed by atoms with Crippen molar-refractivity contribution >= 4 is 5.91 Å². The Hall–Kier alpha value is -0.610. The van der Waals surface area contributed by atoms with Gasteiger partial charge in [0.1, 0.15) is 0 Å². The van der Waals surface area contributed by atoms with E-state index in [-0.39, 0.29) is 24.5 Å². The smallest absolute Gasteiger partial charge is 0.223 e. The van der Waals surface area contributed by atoms with Crippen LogP contribution in [0.25, 0.3) is 0 Å². The maximum Gasteiger partial charge on any atom is 0.223 e. The Labute approximate surface area is 79.5 Å². The molecule has 0 bridgehead atoms. The summed E-state index contributed by atoms with van der Waals surface area (Å²) in [7, 11) is 0. The molecule has 1 amide bonds. The number of hydrogen-bond acceptors (Lipinski definition) is 3. The number of amides is 1. The predicted molar refractivity (Wildman–Crippen MR) is 52.1 cm³/mol. The Morgan fingerprint density at radius 2 is 2.23 bits per heavy atom. The molecule has 0 aliphatic rings. The lowest BCUT2D eigenvalue weighted by Gasteiger charge is -2.17. The maximum absolute atomic E-state index is 11.4. The lowest BCUT2D eigenvalue weighted by molar-refractivity contribution is -0.125. The third kappa shape index (κ3) is 4.85. The van der Waals surface area contributed by atoms with Crippen molar-refractivity contribution in [3.63, 3.8) is 0 Å². The monoisotopic (exact) mass is 188 g/mol. The first kappa shape index (κ1) is 12.4. The molecule has 2 unspecified atom stereocenters. The van der Waals surface area contributed by atoms with Crippen molar-refractivity contribution in [1.82, 2.24) is 5.32 Å². The summed E-state index contributed by atoms with van der Waals surface area (Å²) in [5, 5.41) is 11.6. The lowest BCUT2D eigenvalue weighted by atomic mass is 10.1. The van der Waals surface area contributed by atoms with E-state index in [0.717, 1.165) is 6.42 Å². The highest BCUT2D eigenvalue weighted by molar-refractivity contribution is 5.78. The first-order chi connectivity index (χ1) is 6.15. The number of aliphatic hydroxyl groups is 1. The van der Waals surface area contributed by atoms with Crippen LogP contribution in [0, 0.1) is 5.92 Å². The summed E-state index contributed by atoms with van der Waals surface area (Å²) in [6, 6.07) is -0.118. The summed E-state index contributed by atoms with van der Waals surface area (Å²) >= 11 is 0. The number of nitrogens with one attached hydrogen (secondary N) is 1. The fourth-order valence-corrected chi connectivity index (χ4v) is 1.00. The molecule has 0 saturated carbocycles. The fraction of sp³-hybridized carbons (Fsp3) is 0.889. The second-order valence-electron chi connectivity index (χ2n) is 3.27. The van der Waals surface area contributed by atoms with E-state index >= 15 is 0 Å². The van der Waals surface area contributed by atoms with Gasteiger partial charge in [0.15, 0.2) is 0 Å². The topological polar surface area (TPSA) is 75.3 Å². The molecule has 13 heavy (non-hydrogen) atoms. The van der Waals surface area contributed by atoms with E-state index in [0.29, 0.717) is 13.0 Å². The van der Waals surface area contributed by atoms with Gasteiger partial charge in [-0.1, -0.05) is 13.8 Å². The summed E-state index contributed by atoms with van der Waals surface area (Å²) in [5.74, 6) is -0.0862. The molecule has 0 radical (unpaired) electrons. The molecule has 4 N–H and O–H groups in total. The molecular formula is C9H20N2O2. The van der Waals surface area contributed by atoms with Crippen LogP contribution in [0.3, 0.4) is 0 Å². The molecule has 0 aliphatic carbocycles. The highest BCUT2D eigenvalue weighted by Gasteiger charge is 2.14. The van der Waals surface area contributed by atoms with Crippen molar-refractivity contribution in [2.75, 3.05) is 13.2 Å². The first-order valence-electron chi connectivity index (χ1n) is 4.77. The molecule has 0 spiro atoms. The van der Waals surface area contributed by atoms with Crippen LogP contribution in [0.2, 0.25) is 0 Å². The van der Waals surface area contributed by atoms with Crippen molar-refractivity contribution in [2.24, 2.45) is 11.7 Å². The molecule has 0 rings (SSSR count). The van der Waals surface area contributed by atoms with E-state index in [4.69, 9.17) is 10.8 Å². The average Bonchev–Trinajstić information content (AvgIpc) is 2.14. The van der Waals surface area contributed by atoms with Gasteiger partial charge in [-0.2, -0.15) is 0 Å². The molecule has 0 fully saturated rings. The highest BCUT2D eigenvalue weighted by Crippen LogP contribution is 2.01. The fourth-order valence-electron chi connectivity index (χ4n) is 1.00. The zero-order valence-electron chi connectivity index (χ0n) is 8.42. The third-order valence-electron chi connectivity index (χ3n) is 2.11. The first-order valence-corrected chi connectivity index (χ1v) is 4.77. The van der Waals surface area contributed by atoms with Gasteiger partial charge in [-0.3, -0.25) is 4.79 Å². The van der Waals surface area contributed by atoms with Gasteiger partial charge in [0.25, 0.3) is 0 Å². The van der Waals surface area contributed by atoms with Crippen LogP contribution in [0.4, 0.5) is 0 Å². The SMILES string of the molecule is CCC(CO)NC(=O)C(C)CCN. The Bertz CT molecular complexity index is 147. The Balaban J connectivity index is 3.83. The van der Waals surface area contributed by atoms with Crippen LogP contribution in [0.15, 0.2) is 0 Å². The second kappa shape index (κ2) is 6.86. The Kier molecular flexibility index (Phi) is 6.54. The van der Waals surface area contributed by atoms with E-state index < -0.39 is 0 Å². The van der Waals surface area contributed by atoms with Crippen LogP contribution in [0.1, 0.15) is 26.7 Å². The summed E-state index contributed by atoms with van der Waals surface area (Å²) in [6.45, 7) is 4.28. The average molecular weight is 188 g/mol. The van der Waals surface area contributed by atoms with E-state index in [1.165, 1.54) is 0 Å². The van der Waals surface area contributed by atoms with Crippen LogP contribution in [-0.4, -0.2) is 30.2 Å². The zero-order valence-corrected chi connectivity index (χ0v) is 8.42. The minimum Gasteiger partial charge on any atom is -0.394 e. The van der Waals surface area contributed by atoms with Crippen LogP contribution in [0.5, 0.6) is 0 Å². The van der Waals surface area contributed by atoms with Gasteiger partial charge in [-0.25, -0.2) is 0 Å². The number of nitrogens with two attached hydrogens (primary N) is 1. The summed E-state index contributed by atoms with van der Waals surface area (Å²) < 4.78 is 0. The van der Waals surface area contributed by atoms with E-state index in [2.05, 4.69) is 5.32 Å². The number of carbonyl (C=O) groups excluding carboxylic acids is 1. The molecule has 0 aromatic carbocycles. The Morgan fingerprint density at radius 3 is 2.62 bits per heavy atom. The summed E-state index contributed by atoms with van der Waals surface area (Å²) in [4.78, 5) is 11.4. The number of hydrogen-bond donors (Lipinski definition) is 3. The van der Waals surface area contributed by atoms with Crippen molar-refractivity contribution in [2.45, 2.75) is 32.7 Å². The van der Waals surface area contributed by atoms with Crippen LogP contribution >= 0.6 is 0 Å². The van der Waals surface area contributed by atoms with E-state index in [1.54, 1.807) is 0 Å². The predicted octanol–water partition coefficient (Wildman–Crippen LogP) is -0.142. The molecule has 4 nitrogen and oxygen atoms in total. The molecular weight excluding hydrogens is 168 g/mol. The van der Waals surface area contributed by atoms with Gasteiger partial charge < -0.3 is 16.2 Å². The van der Waals surface area contributed by atoms with Crippen LogP contribution in [-0.2, 0) is 4.79 Å². The van der Waals surface area contributed by atoms with Gasteiger partial charge in [0, 0.05) is 5.92 Å². The molecule has 0 aromatic heterocycles. The molecule has 4 heteroatoms. The summed E-state index contributed by atoms with van der Waals surface area (Å²) in [6.07, 6.45) is 1.44. The zero-order chi connectivity index (χ0) is 10.3. The van der Waals surface area contributed by atoms with Crippen molar-refractivity contribution in [3.05, 3.63) is 0 Å². The molecule has 0 saturated heterocycles. The molecule has 78 valence electrons. The van der Waals surface area contributed by atoms with Crippen LogP contribution < -0.4 is 11.1 Å². The molecule has 0 heterocycles. The second-order valence-corrected chi connectivity index (χ2v) is 3.27. The van der Waals surface area contributed by atoms with Crippen molar-refractivity contribution < 1.29 is 9.90 Å². The van der Waals surface area contributed by atoms with Gasteiger partial charge in [-0.05, 0) is 19.4 Å². The number of carbonyl (C=O) groups is 1. The van der Waals surface area contributed by atoms with E-state index in [1.807, 2.05) is 13.8 Å². The van der Waals surface area contributed by atoms with Gasteiger partial charge in [0.2, 0.25) is 5.91 Å². The third-order valence-corrected chi connectivity index (χ3v) is 2.11. The van der Waals surface area contributed by atoms with Gasteiger partial charge in [0.05, 0.1) is 12.6 Å². The largest absolute Gasteiger partial charge is 0.394 e. The van der Waals surface area contributed by atoms with Gasteiger partial charge >= 0.3 is 0 Å². The lowest BCUT2D eigenvalue weighted by Crippen LogP contribution is -2.40. The summed E-state index contributed by atoms with van der Waals surface area (Å²) in [5.41, 5.74) is 5.33. The minimum absolute atomic E-state index is 0.00240. The standard InChI is InChI=1S/C9H20N2O2/c1-3-8(6-12)11-9(13)7(2)4-5-10/h7-8,12H,3-6,10H2,1-2H3,(H,11,13). The van der Waals surface area contributed by atoms with Crippen molar-refractivity contribution in [1.29, 1.82) is 0 Å². The molecule has 2 atom stereocenters. The normalized spacial score (nSPS) is 15.1. The molecule has 0 aromatic rings. The Morgan fingerprint density at radius 1 is 1.62 bits per heavy atom. The van der Waals surface area contributed by atoms with E-state index in [9.17, 15) is 4.79 Å².